The zero-order valence-corrected chi connectivity index (χ0v) is 12.0. The Labute approximate surface area is 114 Å². The number of morpholine rings is 1. The van der Waals surface area contributed by atoms with Gasteiger partial charge in [-0.3, -0.25) is 0 Å². The van der Waals surface area contributed by atoms with Crippen LogP contribution in [0.1, 0.15) is 25.0 Å². The molecule has 0 bridgehead atoms. The SMILES string of the molecule is Cc1cccc(C(N)=S)c1N1CC(C)OC(C)C1. The van der Waals surface area contributed by atoms with Gasteiger partial charge in [0.05, 0.1) is 17.9 Å². The highest BCUT2D eigenvalue weighted by Gasteiger charge is 2.25. The van der Waals surface area contributed by atoms with E-state index in [1.165, 1.54) is 5.56 Å². The molecule has 1 aromatic carbocycles. The maximum Gasteiger partial charge on any atom is 0.106 e. The van der Waals surface area contributed by atoms with E-state index in [1.54, 1.807) is 0 Å². The molecule has 0 saturated carbocycles. The van der Waals surface area contributed by atoms with E-state index < -0.39 is 0 Å². The zero-order chi connectivity index (χ0) is 13.3. The van der Waals surface area contributed by atoms with Crippen LogP contribution in [0.15, 0.2) is 18.2 Å². The summed E-state index contributed by atoms with van der Waals surface area (Å²) in [4.78, 5) is 2.79. The third-order valence-corrected chi connectivity index (χ3v) is 3.46. The molecule has 1 heterocycles. The molecule has 1 aromatic rings. The Morgan fingerprint density at radius 2 is 1.94 bits per heavy atom. The lowest BCUT2D eigenvalue weighted by Crippen LogP contribution is -2.46. The molecule has 1 aliphatic heterocycles. The van der Waals surface area contributed by atoms with Crippen LogP contribution < -0.4 is 10.6 Å². The largest absolute Gasteiger partial charge is 0.389 e. The topological polar surface area (TPSA) is 38.5 Å². The summed E-state index contributed by atoms with van der Waals surface area (Å²) in [7, 11) is 0. The number of aryl methyl sites for hydroxylation is 1. The predicted molar refractivity (Wildman–Crippen MR) is 79.3 cm³/mol. The lowest BCUT2D eigenvalue weighted by atomic mass is 10.0. The Kier molecular flexibility index (Phi) is 3.88. The Morgan fingerprint density at radius 3 is 2.50 bits per heavy atom. The fourth-order valence-electron chi connectivity index (χ4n) is 2.64. The van der Waals surface area contributed by atoms with Crippen LogP contribution >= 0.6 is 12.2 Å². The molecule has 4 heteroatoms. The molecule has 3 nitrogen and oxygen atoms in total. The van der Waals surface area contributed by atoms with E-state index in [2.05, 4.69) is 31.7 Å². The summed E-state index contributed by atoms with van der Waals surface area (Å²) >= 11 is 5.16. The van der Waals surface area contributed by atoms with Crippen LogP contribution in [-0.2, 0) is 4.74 Å². The van der Waals surface area contributed by atoms with Gasteiger partial charge in [0.1, 0.15) is 4.99 Å². The molecule has 2 N–H and O–H groups in total. The Hall–Kier alpha value is -1.13. The number of thiocarbonyl (C=S) groups is 1. The first-order chi connectivity index (χ1) is 8.49. The van der Waals surface area contributed by atoms with E-state index in [4.69, 9.17) is 22.7 Å². The van der Waals surface area contributed by atoms with Crippen LogP contribution in [0.3, 0.4) is 0 Å². The van der Waals surface area contributed by atoms with Gasteiger partial charge in [0, 0.05) is 18.7 Å². The Morgan fingerprint density at radius 1 is 1.33 bits per heavy atom. The molecule has 2 atom stereocenters. The van der Waals surface area contributed by atoms with E-state index in [-0.39, 0.29) is 12.2 Å². The van der Waals surface area contributed by atoms with E-state index >= 15 is 0 Å². The molecule has 1 fully saturated rings. The second kappa shape index (κ2) is 5.24. The number of rotatable bonds is 2. The number of benzene rings is 1. The molecule has 0 aliphatic carbocycles. The summed E-state index contributed by atoms with van der Waals surface area (Å²) in [5.74, 6) is 0. The van der Waals surface area contributed by atoms with Crippen LogP contribution in [0.4, 0.5) is 5.69 Å². The summed E-state index contributed by atoms with van der Waals surface area (Å²) in [5.41, 5.74) is 9.17. The van der Waals surface area contributed by atoms with Gasteiger partial charge in [-0.15, -0.1) is 0 Å². The molecule has 0 radical (unpaired) electrons. The van der Waals surface area contributed by atoms with Gasteiger partial charge in [-0.1, -0.05) is 24.4 Å². The highest BCUT2D eigenvalue weighted by atomic mass is 32.1. The van der Waals surface area contributed by atoms with E-state index in [9.17, 15) is 0 Å². The van der Waals surface area contributed by atoms with Crippen molar-refractivity contribution in [2.75, 3.05) is 18.0 Å². The second-order valence-electron chi connectivity index (χ2n) is 5.00. The molecule has 2 rings (SSSR count). The quantitative estimate of drug-likeness (QED) is 0.832. The smallest absolute Gasteiger partial charge is 0.106 e. The number of hydrogen-bond donors (Lipinski definition) is 1. The standard InChI is InChI=1S/C14H20N2OS/c1-9-5-4-6-12(14(15)18)13(9)16-7-10(2)17-11(3)8-16/h4-6,10-11H,7-8H2,1-3H3,(H2,15,18). The van der Waals surface area contributed by atoms with Crippen molar-refractivity contribution in [1.29, 1.82) is 0 Å². The van der Waals surface area contributed by atoms with Gasteiger partial charge in [0.25, 0.3) is 0 Å². The summed E-state index contributed by atoms with van der Waals surface area (Å²) in [6, 6.07) is 6.10. The normalized spacial score (nSPS) is 24.1. The van der Waals surface area contributed by atoms with E-state index in [0.29, 0.717) is 4.99 Å². The fraction of sp³-hybridized carbons (Fsp3) is 0.500. The first-order valence-electron chi connectivity index (χ1n) is 6.29. The molecule has 0 spiro atoms. The number of nitrogens with zero attached hydrogens (tertiary/aromatic N) is 1. The average Bonchev–Trinajstić information content (AvgIpc) is 2.26. The van der Waals surface area contributed by atoms with Crippen molar-refractivity contribution >= 4 is 22.9 Å². The van der Waals surface area contributed by atoms with Crippen molar-refractivity contribution in [3.8, 4) is 0 Å². The molecule has 0 aromatic heterocycles. The van der Waals surface area contributed by atoms with Crippen LogP contribution in [0.2, 0.25) is 0 Å². The van der Waals surface area contributed by atoms with Crippen molar-refractivity contribution < 1.29 is 4.74 Å². The monoisotopic (exact) mass is 264 g/mol. The van der Waals surface area contributed by atoms with Gasteiger partial charge < -0.3 is 15.4 Å². The fourth-order valence-corrected chi connectivity index (χ4v) is 2.80. The second-order valence-corrected chi connectivity index (χ2v) is 5.44. The predicted octanol–water partition coefficient (Wildman–Crippen LogP) is 2.24. The molecular formula is C14H20N2OS. The summed E-state index contributed by atoms with van der Waals surface area (Å²) in [6.45, 7) is 8.06. The first-order valence-corrected chi connectivity index (χ1v) is 6.69. The average molecular weight is 264 g/mol. The van der Waals surface area contributed by atoms with Crippen LogP contribution in [0.25, 0.3) is 0 Å². The summed E-state index contributed by atoms with van der Waals surface area (Å²) in [5, 5.41) is 0. The minimum Gasteiger partial charge on any atom is -0.389 e. The molecule has 2 unspecified atom stereocenters. The van der Waals surface area contributed by atoms with Crippen molar-refractivity contribution in [1.82, 2.24) is 0 Å². The maximum absolute atomic E-state index is 5.83. The lowest BCUT2D eigenvalue weighted by Gasteiger charge is -2.38. The van der Waals surface area contributed by atoms with Crippen LogP contribution in [0, 0.1) is 6.92 Å². The molecular weight excluding hydrogens is 244 g/mol. The third kappa shape index (κ3) is 2.65. The Bertz CT molecular complexity index is 451. The van der Waals surface area contributed by atoms with Crippen molar-refractivity contribution in [2.24, 2.45) is 5.73 Å². The van der Waals surface area contributed by atoms with Gasteiger partial charge in [0.15, 0.2) is 0 Å². The highest BCUT2D eigenvalue weighted by Crippen LogP contribution is 2.28. The first kappa shape index (κ1) is 13.3. The van der Waals surface area contributed by atoms with E-state index in [0.717, 1.165) is 24.3 Å². The van der Waals surface area contributed by atoms with Crippen molar-refractivity contribution in [2.45, 2.75) is 33.0 Å². The molecule has 1 saturated heterocycles. The zero-order valence-electron chi connectivity index (χ0n) is 11.1. The van der Waals surface area contributed by atoms with E-state index in [1.807, 2.05) is 12.1 Å². The van der Waals surface area contributed by atoms with Gasteiger partial charge >= 0.3 is 0 Å². The van der Waals surface area contributed by atoms with Crippen LogP contribution in [0.5, 0.6) is 0 Å². The maximum atomic E-state index is 5.83. The molecule has 98 valence electrons. The molecule has 1 aliphatic rings. The van der Waals surface area contributed by atoms with Gasteiger partial charge in [-0.05, 0) is 32.4 Å². The van der Waals surface area contributed by atoms with Gasteiger partial charge in [-0.2, -0.15) is 0 Å². The summed E-state index contributed by atoms with van der Waals surface area (Å²) < 4.78 is 5.77. The minimum atomic E-state index is 0.229. The van der Waals surface area contributed by atoms with Crippen LogP contribution in [-0.4, -0.2) is 30.3 Å². The number of hydrogen-bond acceptors (Lipinski definition) is 3. The van der Waals surface area contributed by atoms with Gasteiger partial charge in [0.2, 0.25) is 0 Å². The third-order valence-electron chi connectivity index (χ3n) is 3.24. The highest BCUT2D eigenvalue weighted by molar-refractivity contribution is 7.80. The number of ether oxygens (including phenoxy) is 1. The van der Waals surface area contributed by atoms with Crippen molar-refractivity contribution in [3.63, 3.8) is 0 Å². The lowest BCUT2D eigenvalue weighted by molar-refractivity contribution is -0.00525. The molecule has 18 heavy (non-hydrogen) atoms. The van der Waals surface area contributed by atoms with Gasteiger partial charge in [-0.25, -0.2) is 0 Å². The number of anilines is 1. The minimum absolute atomic E-state index is 0.229. The number of para-hydroxylation sites is 1. The van der Waals surface area contributed by atoms with Crippen molar-refractivity contribution in [3.05, 3.63) is 29.3 Å². The number of nitrogens with two attached hydrogens (primary N) is 1. The summed E-state index contributed by atoms with van der Waals surface area (Å²) in [6.07, 6.45) is 0.458. The molecule has 0 amide bonds. The Balaban J connectivity index is 2.40.